The Labute approximate surface area is 174 Å². The molecule has 0 spiro atoms. The van der Waals surface area contributed by atoms with Gasteiger partial charge in [-0.25, -0.2) is 9.31 Å². The van der Waals surface area contributed by atoms with E-state index in [1.165, 1.54) is 18.1 Å². The van der Waals surface area contributed by atoms with Crippen molar-refractivity contribution in [3.8, 4) is 5.75 Å². The summed E-state index contributed by atoms with van der Waals surface area (Å²) in [6, 6.07) is 2.05. The Morgan fingerprint density at radius 2 is 1.97 bits per heavy atom. The Morgan fingerprint density at radius 1 is 1.27 bits per heavy atom. The summed E-state index contributed by atoms with van der Waals surface area (Å²) in [5, 5.41) is 3.70. The van der Waals surface area contributed by atoms with Gasteiger partial charge in [0.25, 0.3) is 5.91 Å². The van der Waals surface area contributed by atoms with Crippen molar-refractivity contribution in [2.45, 2.75) is 25.1 Å². The average Bonchev–Trinajstić information content (AvgIpc) is 3.29. The lowest BCUT2D eigenvalue weighted by molar-refractivity contribution is -0.142. The van der Waals surface area contributed by atoms with Gasteiger partial charge in [-0.15, -0.1) is 0 Å². The van der Waals surface area contributed by atoms with Crippen LogP contribution in [0.5, 0.6) is 5.75 Å². The first kappa shape index (κ1) is 20.6. The number of halogens is 4. The second-order valence-corrected chi connectivity index (χ2v) is 7.45. The first-order chi connectivity index (χ1) is 14.2. The molecule has 12 heteroatoms. The Kier molecular flexibility index (Phi) is 5.16. The Morgan fingerprint density at radius 3 is 2.53 bits per heavy atom. The van der Waals surface area contributed by atoms with Crippen LogP contribution in [-0.4, -0.2) is 70.8 Å². The number of hydrogen-bond donors (Lipinski definition) is 0. The number of methoxy groups -OCH3 is 1. The van der Waals surface area contributed by atoms with Crippen molar-refractivity contribution < 1.29 is 32.2 Å². The summed E-state index contributed by atoms with van der Waals surface area (Å²) in [5.74, 6) is -0.604. The first-order valence-electron chi connectivity index (χ1n) is 9.27. The van der Waals surface area contributed by atoms with Gasteiger partial charge in [0.2, 0.25) is 0 Å². The van der Waals surface area contributed by atoms with Crippen LogP contribution in [-0.2, 0) is 10.9 Å². The van der Waals surface area contributed by atoms with Crippen LogP contribution in [0.1, 0.15) is 29.0 Å². The van der Waals surface area contributed by atoms with Crippen molar-refractivity contribution in [1.82, 2.24) is 19.4 Å². The molecule has 0 radical (unpaired) electrons. The smallest absolute Gasteiger partial charge is 0.433 e. The fraction of sp³-hybridized carbons (Fsp3) is 0.500. The summed E-state index contributed by atoms with van der Waals surface area (Å²) in [6.45, 7) is 1.51. The van der Waals surface area contributed by atoms with Gasteiger partial charge in [0, 0.05) is 31.3 Å². The summed E-state index contributed by atoms with van der Waals surface area (Å²) >= 11 is 6.25. The van der Waals surface area contributed by atoms with Crippen molar-refractivity contribution in [2.75, 3.05) is 33.4 Å². The van der Waals surface area contributed by atoms with Crippen molar-refractivity contribution in [3.63, 3.8) is 0 Å². The van der Waals surface area contributed by atoms with E-state index in [-0.39, 0.29) is 34.1 Å². The van der Waals surface area contributed by atoms with Crippen molar-refractivity contribution in [2.24, 2.45) is 0 Å². The van der Waals surface area contributed by atoms with Gasteiger partial charge in [0.15, 0.2) is 5.69 Å². The second kappa shape index (κ2) is 7.53. The number of ether oxygens (including phenoxy) is 2. The molecule has 30 heavy (non-hydrogen) atoms. The summed E-state index contributed by atoms with van der Waals surface area (Å²) in [4.78, 5) is 27.8. The molecule has 0 aliphatic carbocycles. The predicted octanol–water partition coefficient (Wildman–Crippen LogP) is 3.07. The maximum atomic E-state index is 13.5. The molecule has 2 aromatic rings. The topological polar surface area (TPSA) is 76.4 Å². The molecule has 2 fully saturated rings. The van der Waals surface area contributed by atoms with Crippen LogP contribution in [0.2, 0.25) is 5.02 Å². The molecule has 2 saturated heterocycles. The van der Waals surface area contributed by atoms with Crippen molar-refractivity contribution >= 4 is 29.1 Å². The monoisotopic (exact) mass is 446 g/mol. The average molecular weight is 447 g/mol. The third-order valence-electron chi connectivity index (χ3n) is 5.36. The molecule has 4 rings (SSSR count). The zero-order valence-corrected chi connectivity index (χ0v) is 16.7. The highest BCUT2D eigenvalue weighted by atomic mass is 35.5. The van der Waals surface area contributed by atoms with E-state index >= 15 is 0 Å². The highest BCUT2D eigenvalue weighted by molar-refractivity contribution is 6.36. The van der Waals surface area contributed by atoms with E-state index in [9.17, 15) is 22.8 Å². The summed E-state index contributed by atoms with van der Waals surface area (Å²) in [7, 11) is 1.24. The van der Waals surface area contributed by atoms with E-state index < -0.39 is 17.8 Å². The quantitative estimate of drug-likeness (QED) is 0.724. The third-order valence-corrected chi connectivity index (χ3v) is 5.73. The Hall–Kier alpha value is -2.69. The Balaban J connectivity index is 1.60. The normalized spacial score (nSPS) is 18.2. The number of hydrogen-bond acceptors (Lipinski definition) is 5. The molecular formula is C18H18ClF3N4O4. The number of carbonyl (C=O) groups is 2. The number of carbonyl (C=O) groups excluding carboxylic acids is 2. The third kappa shape index (κ3) is 3.51. The lowest BCUT2D eigenvalue weighted by atomic mass is 10.0. The highest BCUT2D eigenvalue weighted by Gasteiger charge is 2.38. The van der Waals surface area contributed by atoms with E-state index in [1.807, 2.05) is 0 Å². The van der Waals surface area contributed by atoms with Gasteiger partial charge in [0.05, 0.1) is 24.2 Å². The zero-order valence-electron chi connectivity index (χ0n) is 15.9. The van der Waals surface area contributed by atoms with Gasteiger partial charge in [-0.2, -0.15) is 18.3 Å². The Bertz CT molecular complexity index is 1000. The van der Waals surface area contributed by atoms with E-state index in [4.69, 9.17) is 21.1 Å². The minimum absolute atomic E-state index is 0.0401. The molecule has 0 N–H and O–H groups in total. The van der Waals surface area contributed by atoms with Gasteiger partial charge in [-0.05, 0) is 12.8 Å². The number of cyclic esters (lactones) is 1. The maximum Gasteiger partial charge on any atom is 0.433 e. The molecule has 2 aliphatic rings. The number of nitrogens with zero attached hydrogens (tertiary/aromatic N) is 4. The first-order valence-corrected chi connectivity index (χ1v) is 9.64. The molecule has 0 atom stereocenters. The van der Waals surface area contributed by atoms with Crippen LogP contribution < -0.4 is 4.74 Å². The molecule has 0 bridgehead atoms. The fourth-order valence-electron chi connectivity index (χ4n) is 3.82. The number of pyridine rings is 1. The summed E-state index contributed by atoms with van der Waals surface area (Å²) in [6.07, 6.45) is -4.01. The van der Waals surface area contributed by atoms with Gasteiger partial charge >= 0.3 is 12.3 Å². The molecular weight excluding hydrogens is 429 g/mol. The summed E-state index contributed by atoms with van der Waals surface area (Å²) in [5.41, 5.74) is -1.42. The molecule has 0 aromatic carbocycles. The molecule has 0 unspecified atom stereocenters. The summed E-state index contributed by atoms with van der Waals surface area (Å²) < 4.78 is 50.9. The highest BCUT2D eigenvalue weighted by Crippen LogP contribution is 2.36. The van der Waals surface area contributed by atoms with E-state index in [0.717, 1.165) is 6.07 Å². The minimum Gasteiger partial charge on any atom is -0.497 e. The second-order valence-electron chi connectivity index (χ2n) is 7.07. The number of aromatic nitrogens is 2. The van der Waals surface area contributed by atoms with Crippen LogP contribution in [0.25, 0.3) is 5.52 Å². The molecule has 162 valence electrons. The minimum atomic E-state index is -4.72. The number of rotatable bonds is 3. The molecule has 2 aliphatic heterocycles. The zero-order chi connectivity index (χ0) is 21.6. The van der Waals surface area contributed by atoms with Crippen LogP contribution >= 0.6 is 11.6 Å². The number of alkyl halides is 3. The molecule has 4 heterocycles. The number of piperidine rings is 1. The molecule has 8 nitrogen and oxygen atoms in total. The van der Waals surface area contributed by atoms with Gasteiger partial charge in [-0.1, -0.05) is 11.6 Å². The number of amides is 2. The van der Waals surface area contributed by atoms with Crippen molar-refractivity contribution in [3.05, 3.63) is 28.5 Å². The van der Waals surface area contributed by atoms with Gasteiger partial charge in [0.1, 0.15) is 18.1 Å². The van der Waals surface area contributed by atoms with Crippen LogP contribution in [0.4, 0.5) is 18.0 Å². The molecule has 0 saturated carbocycles. The van der Waals surface area contributed by atoms with Crippen LogP contribution in [0.15, 0.2) is 12.1 Å². The van der Waals surface area contributed by atoms with Gasteiger partial charge in [-0.3, -0.25) is 4.79 Å². The van der Waals surface area contributed by atoms with Crippen LogP contribution in [0, 0.1) is 0 Å². The van der Waals surface area contributed by atoms with Crippen molar-refractivity contribution in [1.29, 1.82) is 0 Å². The molecule has 2 amide bonds. The van der Waals surface area contributed by atoms with E-state index in [0.29, 0.717) is 43.6 Å². The largest absolute Gasteiger partial charge is 0.497 e. The fourth-order valence-corrected chi connectivity index (χ4v) is 4.07. The van der Waals surface area contributed by atoms with E-state index in [1.54, 1.807) is 4.90 Å². The predicted molar refractivity (Wildman–Crippen MR) is 98.7 cm³/mol. The maximum absolute atomic E-state index is 13.5. The SMILES string of the molecule is COc1cc(C(F)(F)F)n2nc(C(=O)N3CCC(N4CCOC4=O)CC3)c(Cl)c2c1. The lowest BCUT2D eigenvalue weighted by Crippen LogP contribution is -2.47. The lowest BCUT2D eigenvalue weighted by Gasteiger charge is -2.35. The number of fused-ring (bicyclic) bond motifs is 1. The van der Waals surface area contributed by atoms with E-state index in [2.05, 4.69) is 5.10 Å². The van der Waals surface area contributed by atoms with Crippen LogP contribution in [0.3, 0.4) is 0 Å². The number of likely N-dealkylation sites (tertiary alicyclic amines) is 1. The standard InChI is InChI=1S/C18H18ClF3N4O4/c1-29-11-8-12-14(19)15(23-26(12)13(9-11)18(20,21)22)16(27)24-4-2-10(3-5-24)25-6-7-30-17(25)28/h8-10H,2-7H2,1H3. The molecule has 2 aromatic heterocycles. The van der Waals surface area contributed by atoms with Gasteiger partial charge < -0.3 is 19.3 Å².